The van der Waals surface area contributed by atoms with E-state index in [2.05, 4.69) is 106 Å². The number of halogens is 3. The summed E-state index contributed by atoms with van der Waals surface area (Å²) in [6.07, 6.45) is 0. The molecule has 0 aliphatic rings. The van der Waals surface area contributed by atoms with E-state index in [0.717, 1.165) is 43.7 Å². The molecule has 39 heavy (non-hydrogen) atoms. The minimum absolute atomic E-state index is 0.484. The van der Waals surface area contributed by atoms with Crippen molar-refractivity contribution in [3.63, 3.8) is 0 Å². The van der Waals surface area contributed by atoms with Crippen LogP contribution in [0.3, 0.4) is 0 Å². The molecule has 5 heteroatoms. The molecule has 0 radical (unpaired) electrons. The van der Waals surface area contributed by atoms with Gasteiger partial charge in [0.15, 0.2) is 0 Å². The first-order chi connectivity index (χ1) is 19.1. The molecule has 6 rings (SSSR count). The summed E-state index contributed by atoms with van der Waals surface area (Å²) in [7, 11) is 0. The molecule has 1 heterocycles. The molecule has 0 bridgehead atoms. The quantitative estimate of drug-likeness (QED) is 0.172. The molecule has 0 aliphatic heterocycles. The number of aromatic nitrogens is 2. The Morgan fingerprint density at radius 3 is 1.46 bits per heavy atom. The number of benzene rings is 5. The average molecular weight is 610 g/mol. The highest BCUT2D eigenvalue weighted by atomic mass is 79.9. The second-order valence-electron chi connectivity index (χ2n) is 9.23. The lowest BCUT2D eigenvalue weighted by Gasteiger charge is -2.37. The summed E-state index contributed by atoms with van der Waals surface area (Å²) >= 11 is 16.7. The van der Waals surface area contributed by atoms with E-state index < -0.39 is 5.54 Å². The van der Waals surface area contributed by atoms with Crippen LogP contribution >= 0.6 is 39.1 Å². The third-order valence-electron chi connectivity index (χ3n) is 6.96. The van der Waals surface area contributed by atoms with Crippen molar-refractivity contribution in [2.75, 3.05) is 0 Å². The van der Waals surface area contributed by atoms with Gasteiger partial charge in [-0.05, 0) is 44.8 Å². The standard InChI is InChI=1S/C34H23BrCl2N2/c35-31-32(25-21-22-29(36)30(37)23-25)38-39(33(31)24-13-5-1-6-14-24)34(26-15-7-2-8-16-26,27-17-9-3-10-18-27)28-19-11-4-12-20-28/h1-23H. The smallest absolute Gasteiger partial charge is 0.138 e. The highest BCUT2D eigenvalue weighted by molar-refractivity contribution is 9.10. The van der Waals surface area contributed by atoms with Crippen molar-refractivity contribution in [1.82, 2.24) is 9.78 Å². The molecule has 0 saturated heterocycles. The van der Waals surface area contributed by atoms with Crippen molar-refractivity contribution in [2.24, 2.45) is 0 Å². The van der Waals surface area contributed by atoms with Crippen LogP contribution < -0.4 is 0 Å². The maximum absolute atomic E-state index is 6.48. The lowest BCUT2D eigenvalue weighted by Crippen LogP contribution is -2.39. The van der Waals surface area contributed by atoms with Crippen molar-refractivity contribution in [3.05, 3.63) is 171 Å². The molecule has 5 aromatic carbocycles. The Morgan fingerprint density at radius 2 is 1.00 bits per heavy atom. The van der Waals surface area contributed by atoms with E-state index in [1.54, 1.807) is 0 Å². The Labute approximate surface area is 246 Å². The Morgan fingerprint density at radius 1 is 0.538 bits per heavy atom. The largest absolute Gasteiger partial charge is 0.243 e. The van der Waals surface area contributed by atoms with E-state index in [4.69, 9.17) is 28.3 Å². The summed E-state index contributed by atoms with van der Waals surface area (Å²) in [5, 5.41) is 6.39. The van der Waals surface area contributed by atoms with Gasteiger partial charge in [-0.3, -0.25) is 0 Å². The highest BCUT2D eigenvalue weighted by Crippen LogP contribution is 2.47. The van der Waals surface area contributed by atoms with Crippen LogP contribution in [0.4, 0.5) is 0 Å². The second-order valence-corrected chi connectivity index (χ2v) is 10.8. The molecular weight excluding hydrogens is 587 g/mol. The molecule has 190 valence electrons. The lowest BCUT2D eigenvalue weighted by atomic mass is 9.76. The minimum Gasteiger partial charge on any atom is -0.243 e. The van der Waals surface area contributed by atoms with Gasteiger partial charge in [0.25, 0.3) is 0 Å². The third-order valence-corrected chi connectivity index (χ3v) is 8.45. The lowest BCUT2D eigenvalue weighted by molar-refractivity contribution is 0.466. The van der Waals surface area contributed by atoms with Gasteiger partial charge in [-0.2, -0.15) is 5.10 Å². The van der Waals surface area contributed by atoms with E-state index in [-0.39, 0.29) is 0 Å². The molecule has 0 spiro atoms. The predicted molar refractivity (Wildman–Crippen MR) is 165 cm³/mol. The van der Waals surface area contributed by atoms with E-state index >= 15 is 0 Å². The normalized spacial score (nSPS) is 11.5. The number of hydrogen-bond donors (Lipinski definition) is 0. The summed E-state index contributed by atoms with van der Waals surface area (Å²) in [5.41, 5.74) is 6.13. The van der Waals surface area contributed by atoms with Gasteiger partial charge >= 0.3 is 0 Å². The van der Waals surface area contributed by atoms with Crippen LogP contribution in [0.5, 0.6) is 0 Å². The third kappa shape index (κ3) is 4.51. The van der Waals surface area contributed by atoms with E-state index in [1.165, 1.54) is 0 Å². The van der Waals surface area contributed by atoms with Crippen LogP contribution in [-0.2, 0) is 5.54 Å². The average Bonchev–Trinajstić information content (AvgIpc) is 3.34. The molecule has 0 N–H and O–H groups in total. The van der Waals surface area contributed by atoms with Crippen LogP contribution in [0.1, 0.15) is 16.7 Å². The maximum Gasteiger partial charge on any atom is 0.138 e. The zero-order chi connectivity index (χ0) is 26.8. The first-order valence-electron chi connectivity index (χ1n) is 12.6. The van der Waals surface area contributed by atoms with Crippen LogP contribution in [-0.4, -0.2) is 9.78 Å². The minimum atomic E-state index is -0.786. The number of hydrogen-bond acceptors (Lipinski definition) is 1. The summed E-state index contributed by atoms with van der Waals surface area (Å²) in [6.45, 7) is 0. The van der Waals surface area contributed by atoms with Crippen molar-refractivity contribution in [2.45, 2.75) is 5.54 Å². The SMILES string of the molecule is Clc1ccc(-c2nn(C(c3ccccc3)(c3ccccc3)c3ccccc3)c(-c3ccccc3)c2Br)cc1Cl. The fraction of sp³-hybridized carbons (Fsp3) is 0.0294. The molecule has 0 saturated carbocycles. The zero-order valence-corrected chi connectivity index (χ0v) is 23.9. The van der Waals surface area contributed by atoms with Crippen LogP contribution in [0, 0.1) is 0 Å². The van der Waals surface area contributed by atoms with Gasteiger partial charge in [0, 0.05) is 11.1 Å². The topological polar surface area (TPSA) is 17.8 Å². The summed E-state index contributed by atoms with van der Waals surface area (Å²) < 4.78 is 3.03. The van der Waals surface area contributed by atoms with Gasteiger partial charge in [0.2, 0.25) is 0 Å². The van der Waals surface area contributed by atoms with Gasteiger partial charge < -0.3 is 0 Å². The van der Waals surface area contributed by atoms with Gasteiger partial charge in [0.1, 0.15) is 11.2 Å². The molecule has 2 nitrogen and oxygen atoms in total. The molecule has 0 unspecified atom stereocenters. The van der Waals surface area contributed by atoms with Crippen LogP contribution in [0.15, 0.2) is 144 Å². The van der Waals surface area contributed by atoms with Crippen molar-refractivity contribution >= 4 is 39.1 Å². The molecule has 0 aliphatic carbocycles. The molecule has 0 amide bonds. The maximum atomic E-state index is 6.48. The van der Waals surface area contributed by atoms with Gasteiger partial charge in [-0.1, -0.05) is 151 Å². The Bertz CT molecular complexity index is 1620. The highest BCUT2D eigenvalue weighted by Gasteiger charge is 2.42. The van der Waals surface area contributed by atoms with E-state index in [9.17, 15) is 0 Å². The first kappa shape index (κ1) is 25.6. The molecule has 0 fully saturated rings. The Balaban J connectivity index is 1.79. The van der Waals surface area contributed by atoms with E-state index in [0.29, 0.717) is 10.0 Å². The molecular formula is C34H23BrCl2N2. The second kappa shape index (κ2) is 10.9. The summed E-state index contributed by atoms with van der Waals surface area (Å²) in [5.74, 6) is 0. The molecule has 0 atom stereocenters. The van der Waals surface area contributed by atoms with Crippen LogP contribution in [0.2, 0.25) is 10.0 Å². The van der Waals surface area contributed by atoms with Crippen molar-refractivity contribution < 1.29 is 0 Å². The molecule has 1 aromatic heterocycles. The zero-order valence-electron chi connectivity index (χ0n) is 20.8. The van der Waals surface area contributed by atoms with Crippen molar-refractivity contribution in [3.8, 4) is 22.5 Å². The fourth-order valence-corrected chi connectivity index (χ4v) is 6.22. The summed E-state index contributed by atoms with van der Waals surface area (Å²) in [4.78, 5) is 0. The molecule has 6 aromatic rings. The fourth-order valence-electron chi connectivity index (χ4n) is 5.22. The first-order valence-corrected chi connectivity index (χ1v) is 14.1. The van der Waals surface area contributed by atoms with E-state index in [1.807, 2.05) is 54.6 Å². The monoisotopic (exact) mass is 608 g/mol. The number of nitrogens with zero attached hydrogens (tertiary/aromatic N) is 2. The van der Waals surface area contributed by atoms with Gasteiger partial charge in [-0.25, -0.2) is 4.68 Å². The number of rotatable bonds is 6. The van der Waals surface area contributed by atoms with Crippen molar-refractivity contribution in [1.29, 1.82) is 0 Å². The summed E-state index contributed by atoms with van der Waals surface area (Å²) in [6, 6.07) is 47.6. The van der Waals surface area contributed by atoms with Gasteiger partial charge in [-0.15, -0.1) is 0 Å². The van der Waals surface area contributed by atoms with Crippen LogP contribution in [0.25, 0.3) is 22.5 Å². The van der Waals surface area contributed by atoms with Gasteiger partial charge in [0.05, 0.1) is 20.2 Å². The predicted octanol–water partition coefficient (Wildman–Crippen LogP) is 10.1. The Kier molecular flexibility index (Phi) is 7.14. The Hall–Kier alpha value is -3.63.